The van der Waals surface area contributed by atoms with Crippen molar-refractivity contribution in [3.8, 4) is 11.5 Å². The minimum atomic E-state index is -0.264. The fraction of sp³-hybridized carbons (Fsp3) is 0.238. The Morgan fingerprint density at radius 1 is 1.14 bits per heavy atom. The molecule has 0 unspecified atom stereocenters. The molecule has 1 heterocycles. The van der Waals surface area contributed by atoms with Crippen LogP contribution in [0.4, 0.5) is 5.69 Å². The zero-order valence-electron chi connectivity index (χ0n) is 16.2. The van der Waals surface area contributed by atoms with E-state index in [1.807, 2.05) is 30.3 Å². The summed E-state index contributed by atoms with van der Waals surface area (Å²) in [5.41, 5.74) is 4.93. The monoisotopic (exact) mass is 459 g/mol. The van der Waals surface area contributed by atoms with E-state index >= 15 is 0 Å². The van der Waals surface area contributed by atoms with Gasteiger partial charge in [0.25, 0.3) is 5.91 Å². The predicted octanol–water partition coefficient (Wildman–Crippen LogP) is 2.95. The number of rotatable bonds is 7. The summed E-state index contributed by atoms with van der Waals surface area (Å²) in [7, 11) is 3.17. The number of carbonyl (C=O) groups is 2. The lowest BCUT2D eigenvalue weighted by atomic mass is 10.1. The number of ether oxygens (including phenoxy) is 2. The summed E-state index contributed by atoms with van der Waals surface area (Å²) >= 11 is 3.37. The van der Waals surface area contributed by atoms with E-state index < -0.39 is 0 Å². The van der Waals surface area contributed by atoms with Crippen molar-refractivity contribution in [2.24, 2.45) is 0 Å². The largest absolute Gasteiger partial charge is 0.493 e. The molecule has 0 aliphatic carbocycles. The molecule has 2 aromatic carbocycles. The van der Waals surface area contributed by atoms with Crippen molar-refractivity contribution >= 4 is 33.4 Å². The number of anilines is 1. The maximum Gasteiger partial charge on any atom is 0.268 e. The molecule has 2 amide bonds. The van der Waals surface area contributed by atoms with Crippen molar-refractivity contribution in [2.75, 3.05) is 25.8 Å². The summed E-state index contributed by atoms with van der Waals surface area (Å²) in [4.78, 5) is 24.7. The lowest BCUT2D eigenvalue weighted by molar-refractivity contribution is -0.120. The van der Waals surface area contributed by atoms with Crippen molar-refractivity contribution in [3.05, 3.63) is 64.3 Å². The molecule has 8 heteroatoms. The van der Waals surface area contributed by atoms with Gasteiger partial charge in [0.05, 0.1) is 19.9 Å². The van der Waals surface area contributed by atoms with Gasteiger partial charge in [-0.3, -0.25) is 15.0 Å². The Hall–Kier alpha value is -3.00. The summed E-state index contributed by atoms with van der Waals surface area (Å²) in [5.74, 6) is 0.917. The first-order valence-electron chi connectivity index (χ1n) is 9.06. The minimum Gasteiger partial charge on any atom is -0.493 e. The molecular formula is C21H22BrN3O4. The molecule has 2 aromatic rings. The Kier molecular flexibility index (Phi) is 6.77. The van der Waals surface area contributed by atoms with Crippen molar-refractivity contribution in [2.45, 2.75) is 12.8 Å². The Morgan fingerprint density at radius 2 is 1.86 bits per heavy atom. The van der Waals surface area contributed by atoms with Gasteiger partial charge in [0.2, 0.25) is 5.91 Å². The Labute approximate surface area is 177 Å². The number of nitrogens with zero attached hydrogens (tertiary/aromatic N) is 1. The molecule has 0 radical (unpaired) electrons. The van der Waals surface area contributed by atoms with E-state index in [4.69, 9.17) is 9.47 Å². The first-order valence-corrected chi connectivity index (χ1v) is 9.85. The smallest absolute Gasteiger partial charge is 0.268 e. The van der Waals surface area contributed by atoms with Crippen LogP contribution in [0.25, 0.3) is 0 Å². The molecule has 0 spiro atoms. The van der Waals surface area contributed by atoms with Crippen LogP contribution < -0.4 is 25.2 Å². The van der Waals surface area contributed by atoms with Crippen LogP contribution in [0.3, 0.4) is 0 Å². The Bertz CT molecular complexity index is 928. The van der Waals surface area contributed by atoms with Crippen LogP contribution >= 0.6 is 15.9 Å². The summed E-state index contributed by atoms with van der Waals surface area (Å²) in [6, 6.07) is 12.9. The number of halogens is 1. The SMILES string of the molecule is COc1ccc(CCNC(=O)C2=CCC(=O)N(c3ccc(Br)cc3)N2)cc1OC. The summed E-state index contributed by atoms with van der Waals surface area (Å²) in [6.45, 7) is 0.444. The third kappa shape index (κ3) is 5.08. The fourth-order valence-electron chi connectivity index (χ4n) is 2.90. The molecule has 1 aliphatic heterocycles. The summed E-state index contributed by atoms with van der Waals surface area (Å²) in [6.07, 6.45) is 2.39. The third-order valence-corrected chi connectivity index (χ3v) is 4.97. The Morgan fingerprint density at radius 3 is 2.55 bits per heavy atom. The van der Waals surface area contributed by atoms with Gasteiger partial charge in [-0.1, -0.05) is 22.0 Å². The van der Waals surface area contributed by atoms with Crippen LogP contribution in [0.5, 0.6) is 11.5 Å². The highest BCUT2D eigenvalue weighted by Gasteiger charge is 2.23. The van der Waals surface area contributed by atoms with E-state index in [0.717, 1.165) is 10.0 Å². The van der Waals surface area contributed by atoms with Crippen LogP contribution in [0.15, 0.2) is 58.7 Å². The van der Waals surface area contributed by atoms with Gasteiger partial charge in [-0.05, 0) is 54.5 Å². The minimum absolute atomic E-state index is 0.130. The topological polar surface area (TPSA) is 79.9 Å². The van der Waals surface area contributed by atoms with E-state index in [2.05, 4.69) is 26.7 Å². The number of hydrogen-bond donors (Lipinski definition) is 2. The maximum atomic E-state index is 12.5. The molecule has 1 aliphatic rings. The summed E-state index contributed by atoms with van der Waals surface area (Å²) < 4.78 is 11.4. The second-order valence-corrected chi connectivity index (χ2v) is 7.25. The van der Waals surface area contributed by atoms with E-state index in [9.17, 15) is 9.59 Å². The molecule has 0 aromatic heterocycles. The number of nitrogens with one attached hydrogen (secondary N) is 2. The van der Waals surface area contributed by atoms with Gasteiger partial charge in [0.15, 0.2) is 11.5 Å². The Balaban J connectivity index is 1.58. The average molecular weight is 460 g/mol. The van der Waals surface area contributed by atoms with Crippen molar-refractivity contribution < 1.29 is 19.1 Å². The quantitative estimate of drug-likeness (QED) is 0.665. The van der Waals surface area contributed by atoms with Gasteiger partial charge in [0.1, 0.15) is 5.70 Å². The van der Waals surface area contributed by atoms with E-state index in [1.165, 1.54) is 5.01 Å². The van der Waals surface area contributed by atoms with Gasteiger partial charge in [-0.25, -0.2) is 5.01 Å². The first kappa shape index (κ1) is 20.7. The molecule has 0 bridgehead atoms. The second kappa shape index (κ2) is 9.47. The van der Waals surface area contributed by atoms with E-state index in [1.54, 1.807) is 32.4 Å². The van der Waals surface area contributed by atoms with Crippen LogP contribution in [0, 0.1) is 0 Å². The third-order valence-electron chi connectivity index (χ3n) is 4.44. The lowest BCUT2D eigenvalue weighted by Gasteiger charge is -2.28. The normalized spacial score (nSPS) is 13.4. The molecule has 0 atom stereocenters. The number of carbonyl (C=O) groups excluding carboxylic acids is 2. The van der Waals surface area contributed by atoms with Gasteiger partial charge in [-0.15, -0.1) is 0 Å². The van der Waals surface area contributed by atoms with Gasteiger partial charge in [-0.2, -0.15) is 0 Å². The first-order chi connectivity index (χ1) is 14.0. The summed E-state index contributed by atoms with van der Waals surface area (Å²) in [5, 5.41) is 4.26. The zero-order valence-corrected chi connectivity index (χ0v) is 17.8. The standard InChI is InChI=1S/C21H22BrN3O4/c1-28-18-9-3-14(13-19(18)29-2)11-12-23-21(27)17-8-10-20(26)25(24-17)16-6-4-15(22)5-7-16/h3-9,13,24H,10-12H2,1-2H3,(H,23,27). The molecule has 2 N–H and O–H groups in total. The molecular weight excluding hydrogens is 438 g/mol. The number of benzene rings is 2. The zero-order chi connectivity index (χ0) is 20.8. The highest BCUT2D eigenvalue weighted by molar-refractivity contribution is 9.10. The maximum absolute atomic E-state index is 12.5. The van der Waals surface area contributed by atoms with E-state index in [-0.39, 0.29) is 18.2 Å². The highest BCUT2D eigenvalue weighted by atomic mass is 79.9. The number of amides is 2. The van der Waals surface area contributed by atoms with Crippen LogP contribution in [-0.4, -0.2) is 32.6 Å². The highest BCUT2D eigenvalue weighted by Crippen LogP contribution is 2.27. The average Bonchev–Trinajstić information content (AvgIpc) is 2.74. The van der Waals surface area contributed by atoms with Crippen LogP contribution in [0.2, 0.25) is 0 Å². The fourth-order valence-corrected chi connectivity index (χ4v) is 3.17. The molecule has 0 fully saturated rings. The lowest BCUT2D eigenvalue weighted by Crippen LogP contribution is -2.49. The molecule has 29 heavy (non-hydrogen) atoms. The molecule has 152 valence electrons. The molecule has 7 nitrogen and oxygen atoms in total. The van der Waals surface area contributed by atoms with Gasteiger partial charge < -0.3 is 14.8 Å². The predicted molar refractivity (Wildman–Crippen MR) is 114 cm³/mol. The second-order valence-electron chi connectivity index (χ2n) is 6.33. The molecule has 0 saturated heterocycles. The van der Waals surface area contributed by atoms with Crippen molar-refractivity contribution in [1.82, 2.24) is 10.7 Å². The molecule has 3 rings (SSSR count). The van der Waals surface area contributed by atoms with Gasteiger partial charge in [0, 0.05) is 17.4 Å². The van der Waals surface area contributed by atoms with Gasteiger partial charge >= 0.3 is 0 Å². The van der Waals surface area contributed by atoms with Crippen molar-refractivity contribution in [1.29, 1.82) is 0 Å². The number of hydrazine groups is 1. The number of methoxy groups -OCH3 is 2. The van der Waals surface area contributed by atoms with Crippen molar-refractivity contribution in [3.63, 3.8) is 0 Å². The molecule has 0 saturated carbocycles. The van der Waals surface area contributed by atoms with Crippen LogP contribution in [0.1, 0.15) is 12.0 Å². The van der Waals surface area contributed by atoms with E-state index in [0.29, 0.717) is 35.8 Å². The van der Waals surface area contributed by atoms with Crippen LogP contribution in [-0.2, 0) is 16.0 Å². The number of hydrogen-bond acceptors (Lipinski definition) is 5.